The fourth-order valence-electron chi connectivity index (χ4n) is 1.73. The van der Waals surface area contributed by atoms with Gasteiger partial charge in [0.2, 0.25) is 0 Å². The second kappa shape index (κ2) is 4.79. The molecule has 7 heteroatoms. The molecule has 0 fully saturated rings. The van der Waals surface area contributed by atoms with Crippen LogP contribution in [0.2, 0.25) is 0 Å². The van der Waals surface area contributed by atoms with Crippen molar-refractivity contribution in [1.82, 2.24) is 0 Å². The molecular weight excluding hydrogens is 258 g/mol. The van der Waals surface area contributed by atoms with Crippen LogP contribution in [0, 0.1) is 0 Å². The van der Waals surface area contributed by atoms with Crippen molar-refractivity contribution >= 4 is 27.6 Å². The maximum atomic E-state index is 11.1. The van der Waals surface area contributed by atoms with Crippen molar-refractivity contribution in [1.29, 1.82) is 0 Å². The highest BCUT2D eigenvalue weighted by Crippen LogP contribution is 2.32. The molecule has 6 nitrogen and oxygen atoms in total. The lowest BCUT2D eigenvalue weighted by Gasteiger charge is -2.13. The standard InChI is InChI=1S/C11H11NO5S/c1-16-7-3-9-8(17-11(15)18-9)2-5(7)6(4-12)10(13)14/h2-3,6H,4,12H2,1H3,(H,13,14). The molecule has 0 spiro atoms. The summed E-state index contributed by atoms with van der Waals surface area (Å²) in [7, 11) is 1.43. The van der Waals surface area contributed by atoms with Gasteiger partial charge in [0.25, 0.3) is 0 Å². The van der Waals surface area contributed by atoms with Crippen LogP contribution in [0.15, 0.2) is 21.3 Å². The summed E-state index contributed by atoms with van der Waals surface area (Å²) >= 11 is 0.937. The largest absolute Gasteiger partial charge is 0.496 e. The van der Waals surface area contributed by atoms with E-state index in [4.69, 9.17) is 20.0 Å². The lowest BCUT2D eigenvalue weighted by molar-refractivity contribution is -0.138. The van der Waals surface area contributed by atoms with E-state index in [0.717, 1.165) is 11.3 Å². The van der Waals surface area contributed by atoms with Gasteiger partial charge in [0.1, 0.15) is 11.3 Å². The zero-order valence-corrected chi connectivity index (χ0v) is 10.3. The van der Waals surface area contributed by atoms with Gasteiger partial charge in [-0.3, -0.25) is 4.79 Å². The van der Waals surface area contributed by atoms with E-state index in [1.165, 1.54) is 13.2 Å². The van der Waals surface area contributed by atoms with Gasteiger partial charge in [-0.1, -0.05) is 11.3 Å². The van der Waals surface area contributed by atoms with Crippen LogP contribution in [-0.2, 0) is 4.79 Å². The monoisotopic (exact) mass is 269 g/mol. The lowest BCUT2D eigenvalue weighted by atomic mass is 9.98. The summed E-state index contributed by atoms with van der Waals surface area (Å²) < 4.78 is 10.7. The number of carboxylic acid groups (broad SMARTS) is 1. The molecule has 0 radical (unpaired) electrons. The maximum Gasteiger partial charge on any atom is 0.396 e. The van der Waals surface area contributed by atoms with E-state index in [0.29, 0.717) is 21.6 Å². The van der Waals surface area contributed by atoms with Crippen molar-refractivity contribution in [3.63, 3.8) is 0 Å². The second-order valence-electron chi connectivity index (χ2n) is 3.62. The molecule has 0 bridgehead atoms. The van der Waals surface area contributed by atoms with Gasteiger partial charge >= 0.3 is 10.9 Å². The molecule has 1 atom stereocenters. The molecule has 1 aromatic heterocycles. The number of benzene rings is 1. The number of ether oxygens (including phenoxy) is 1. The Morgan fingerprint density at radius 2 is 2.33 bits per heavy atom. The highest BCUT2D eigenvalue weighted by molar-refractivity contribution is 7.16. The normalized spacial score (nSPS) is 12.6. The van der Waals surface area contributed by atoms with Gasteiger partial charge in [0.05, 0.1) is 17.7 Å². The minimum Gasteiger partial charge on any atom is -0.496 e. The predicted molar refractivity (Wildman–Crippen MR) is 66.3 cm³/mol. The fraction of sp³-hybridized carbons (Fsp3) is 0.273. The number of hydrogen-bond donors (Lipinski definition) is 2. The molecule has 96 valence electrons. The van der Waals surface area contributed by atoms with Gasteiger partial charge in [0, 0.05) is 18.2 Å². The topological polar surface area (TPSA) is 103 Å². The van der Waals surface area contributed by atoms with Crippen molar-refractivity contribution in [2.24, 2.45) is 5.73 Å². The summed E-state index contributed by atoms with van der Waals surface area (Å²) in [5.74, 6) is -1.56. The first-order valence-corrected chi connectivity index (χ1v) is 5.93. The van der Waals surface area contributed by atoms with Crippen molar-refractivity contribution in [3.8, 4) is 5.75 Å². The van der Waals surface area contributed by atoms with Crippen LogP contribution in [0.4, 0.5) is 0 Å². The molecule has 1 heterocycles. The Bertz CT molecular complexity index is 644. The second-order valence-corrected chi connectivity index (χ2v) is 4.60. The van der Waals surface area contributed by atoms with Crippen LogP contribution >= 0.6 is 11.3 Å². The van der Waals surface area contributed by atoms with Crippen LogP contribution in [0.5, 0.6) is 5.75 Å². The third-order valence-corrected chi connectivity index (χ3v) is 3.38. The zero-order chi connectivity index (χ0) is 13.3. The van der Waals surface area contributed by atoms with Crippen LogP contribution < -0.4 is 15.4 Å². The number of aliphatic carboxylic acids is 1. The first-order valence-electron chi connectivity index (χ1n) is 5.11. The smallest absolute Gasteiger partial charge is 0.396 e. The summed E-state index contributed by atoms with van der Waals surface area (Å²) in [5.41, 5.74) is 6.20. The minimum absolute atomic E-state index is 0.0639. The third-order valence-electron chi connectivity index (χ3n) is 2.59. The molecule has 2 aromatic rings. The summed E-state index contributed by atoms with van der Waals surface area (Å²) in [6.07, 6.45) is 0. The molecule has 0 saturated heterocycles. The molecule has 3 N–H and O–H groups in total. The van der Waals surface area contributed by atoms with Crippen molar-refractivity contribution in [2.75, 3.05) is 13.7 Å². The molecule has 0 aliphatic rings. The van der Waals surface area contributed by atoms with Gasteiger partial charge in [-0.25, -0.2) is 4.79 Å². The van der Waals surface area contributed by atoms with E-state index >= 15 is 0 Å². The first-order chi connectivity index (χ1) is 8.56. The Kier molecular flexibility index (Phi) is 3.35. The number of nitrogens with two attached hydrogens (primary N) is 1. The van der Waals surface area contributed by atoms with Crippen LogP contribution in [0.3, 0.4) is 0 Å². The Hall–Kier alpha value is -1.86. The SMILES string of the molecule is COc1cc2sc(=O)oc2cc1C(CN)C(=O)O. The molecule has 1 aromatic carbocycles. The number of hydrogen-bond acceptors (Lipinski definition) is 6. The number of carboxylic acids is 1. The minimum atomic E-state index is -1.05. The molecule has 2 rings (SSSR count). The van der Waals surface area contributed by atoms with E-state index in [9.17, 15) is 9.59 Å². The quantitative estimate of drug-likeness (QED) is 0.858. The van der Waals surface area contributed by atoms with E-state index in [-0.39, 0.29) is 6.54 Å². The van der Waals surface area contributed by atoms with E-state index < -0.39 is 16.8 Å². The van der Waals surface area contributed by atoms with Crippen LogP contribution in [0.1, 0.15) is 11.5 Å². The Balaban J connectivity index is 2.67. The average Bonchev–Trinajstić information content (AvgIpc) is 2.67. The predicted octanol–water partition coefficient (Wildman–Crippen LogP) is 0.990. The lowest BCUT2D eigenvalue weighted by Crippen LogP contribution is -2.21. The number of carbonyl (C=O) groups is 1. The highest BCUT2D eigenvalue weighted by Gasteiger charge is 2.23. The molecule has 18 heavy (non-hydrogen) atoms. The summed E-state index contributed by atoms with van der Waals surface area (Å²) in [4.78, 5) is 21.8. The van der Waals surface area contributed by atoms with Crippen molar-refractivity contribution < 1.29 is 19.1 Å². The molecular formula is C11H11NO5S. The first kappa shape index (κ1) is 12.6. The fourth-order valence-corrected chi connectivity index (χ4v) is 2.40. The van der Waals surface area contributed by atoms with Gasteiger partial charge < -0.3 is 20.0 Å². The number of fused-ring (bicyclic) bond motifs is 1. The molecule has 0 aliphatic carbocycles. The summed E-state index contributed by atoms with van der Waals surface area (Å²) in [6, 6.07) is 3.09. The van der Waals surface area contributed by atoms with Crippen LogP contribution in [-0.4, -0.2) is 24.7 Å². The van der Waals surface area contributed by atoms with Crippen LogP contribution in [0.25, 0.3) is 10.3 Å². The average molecular weight is 269 g/mol. The molecule has 0 amide bonds. The van der Waals surface area contributed by atoms with Crippen molar-refractivity contribution in [2.45, 2.75) is 5.92 Å². The van der Waals surface area contributed by atoms with Gasteiger partial charge in [-0.2, -0.15) is 0 Å². The Labute approximate surface area is 106 Å². The summed E-state index contributed by atoms with van der Waals surface area (Å²) in [5, 5.41) is 9.10. The summed E-state index contributed by atoms with van der Waals surface area (Å²) in [6.45, 7) is -0.0639. The maximum absolute atomic E-state index is 11.1. The molecule has 1 unspecified atom stereocenters. The Morgan fingerprint density at radius 1 is 1.61 bits per heavy atom. The van der Waals surface area contributed by atoms with E-state index in [1.807, 2.05) is 0 Å². The van der Waals surface area contributed by atoms with Gasteiger partial charge in [-0.15, -0.1) is 0 Å². The number of methoxy groups -OCH3 is 1. The highest BCUT2D eigenvalue weighted by atomic mass is 32.1. The van der Waals surface area contributed by atoms with Gasteiger partial charge in [0.15, 0.2) is 0 Å². The Morgan fingerprint density at radius 3 is 2.89 bits per heavy atom. The van der Waals surface area contributed by atoms with Crippen molar-refractivity contribution in [3.05, 3.63) is 27.4 Å². The molecule has 0 aliphatic heterocycles. The third kappa shape index (κ3) is 2.09. The number of rotatable bonds is 4. The van der Waals surface area contributed by atoms with E-state index in [2.05, 4.69) is 0 Å². The molecule has 0 saturated carbocycles. The van der Waals surface area contributed by atoms with Gasteiger partial charge in [-0.05, 0) is 6.07 Å². The van der Waals surface area contributed by atoms with E-state index in [1.54, 1.807) is 6.07 Å². The zero-order valence-electron chi connectivity index (χ0n) is 9.50.